The largest absolute Gasteiger partial charge is 0.405 e. The van der Waals surface area contributed by atoms with Crippen molar-refractivity contribution in [2.24, 2.45) is 0 Å². The van der Waals surface area contributed by atoms with Gasteiger partial charge in [-0.05, 0) is 51.3 Å². The zero-order valence-electron chi connectivity index (χ0n) is 16.6. The minimum Gasteiger partial charge on any atom is -0.405 e. The predicted molar refractivity (Wildman–Crippen MR) is 118 cm³/mol. The standard InChI is InChI=1S/C21H31BrO2SSi/c1-14(2)26(15(3)4,16(5)6)24-21(17-8-7-9-19(22)10-17)18-11-20(12-23)25-13-18/h7-11,13-16,21,23H,12H2,1-6H3. The first kappa shape index (κ1) is 21.8. The second-order valence-electron chi connectivity index (χ2n) is 7.88. The van der Waals surface area contributed by atoms with E-state index in [2.05, 4.69) is 87.1 Å². The molecule has 0 fully saturated rings. The normalized spacial score (nSPS) is 13.8. The number of benzene rings is 1. The summed E-state index contributed by atoms with van der Waals surface area (Å²) in [4.78, 5) is 0.981. The Kier molecular flexibility index (Phi) is 7.69. The summed E-state index contributed by atoms with van der Waals surface area (Å²) in [7, 11) is -2.05. The van der Waals surface area contributed by atoms with Gasteiger partial charge in [-0.3, -0.25) is 0 Å². The van der Waals surface area contributed by atoms with Gasteiger partial charge in [0.1, 0.15) is 0 Å². The molecular weight excluding hydrogens is 424 g/mol. The summed E-state index contributed by atoms with van der Waals surface area (Å²) in [6.45, 7) is 14.0. The van der Waals surface area contributed by atoms with E-state index in [1.165, 1.54) is 5.56 Å². The van der Waals surface area contributed by atoms with Crippen molar-refractivity contribution < 1.29 is 9.53 Å². The first-order valence-electron chi connectivity index (χ1n) is 9.33. The van der Waals surface area contributed by atoms with Gasteiger partial charge in [0.15, 0.2) is 0 Å². The zero-order chi connectivity index (χ0) is 19.5. The van der Waals surface area contributed by atoms with E-state index in [0.29, 0.717) is 16.6 Å². The van der Waals surface area contributed by atoms with Gasteiger partial charge >= 0.3 is 0 Å². The lowest BCUT2D eigenvalue weighted by Crippen LogP contribution is -2.48. The van der Waals surface area contributed by atoms with Crippen molar-refractivity contribution in [3.63, 3.8) is 0 Å². The Labute approximate surface area is 171 Å². The highest BCUT2D eigenvalue weighted by molar-refractivity contribution is 9.10. The van der Waals surface area contributed by atoms with Crippen molar-refractivity contribution in [1.82, 2.24) is 0 Å². The molecule has 0 aliphatic rings. The van der Waals surface area contributed by atoms with Gasteiger partial charge < -0.3 is 9.53 Å². The second kappa shape index (κ2) is 9.15. The maximum atomic E-state index is 9.52. The molecule has 0 saturated heterocycles. The fourth-order valence-corrected chi connectivity index (χ4v) is 10.9. The van der Waals surface area contributed by atoms with E-state index in [4.69, 9.17) is 4.43 Å². The van der Waals surface area contributed by atoms with Crippen LogP contribution in [0.5, 0.6) is 0 Å². The number of aliphatic hydroxyl groups excluding tert-OH is 1. The lowest BCUT2D eigenvalue weighted by Gasteiger charge is -2.44. The van der Waals surface area contributed by atoms with Gasteiger partial charge in [-0.1, -0.05) is 69.6 Å². The van der Waals surface area contributed by atoms with E-state index in [0.717, 1.165) is 14.9 Å². The summed E-state index contributed by atoms with van der Waals surface area (Å²) in [5.41, 5.74) is 3.88. The lowest BCUT2D eigenvalue weighted by atomic mass is 10.0. The molecule has 26 heavy (non-hydrogen) atoms. The number of halogens is 1. The average Bonchev–Trinajstić information content (AvgIpc) is 3.03. The van der Waals surface area contributed by atoms with Gasteiger partial charge in [0.2, 0.25) is 8.32 Å². The Bertz CT molecular complexity index is 690. The number of hydrogen-bond acceptors (Lipinski definition) is 3. The van der Waals surface area contributed by atoms with E-state index >= 15 is 0 Å². The molecule has 0 bridgehead atoms. The molecule has 2 aromatic rings. The second-order valence-corrected chi connectivity index (χ2v) is 15.2. The molecule has 1 aromatic heterocycles. The summed E-state index contributed by atoms with van der Waals surface area (Å²) >= 11 is 5.21. The summed E-state index contributed by atoms with van der Waals surface area (Å²) in [5, 5.41) is 11.7. The SMILES string of the molecule is CC(C)[Si](OC(c1cccc(Br)c1)c1csc(CO)c1)(C(C)C)C(C)C. The van der Waals surface area contributed by atoms with Crippen molar-refractivity contribution >= 4 is 35.6 Å². The quantitative estimate of drug-likeness (QED) is 0.424. The van der Waals surface area contributed by atoms with Crippen molar-refractivity contribution in [2.75, 3.05) is 0 Å². The molecule has 0 spiro atoms. The molecule has 0 aliphatic carbocycles. The average molecular weight is 456 g/mol. The third-order valence-electron chi connectivity index (χ3n) is 5.31. The Balaban J connectivity index is 2.55. The molecule has 0 amide bonds. The first-order chi connectivity index (χ1) is 12.2. The molecule has 5 heteroatoms. The number of rotatable bonds is 8. The minimum absolute atomic E-state index is 0.0803. The molecule has 1 aromatic carbocycles. The molecule has 1 unspecified atom stereocenters. The molecule has 0 saturated carbocycles. The molecule has 144 valence electrons. The van der Waals surface area contributed by atoms with Crippen molar-refractivity contribution in [2.45, 2.75) is 70.9 Å². The topological polar surface area (TPSA) is 29.5 Å². The van der Waals surface area contributed by atoms with Crippen LogP contribution in [0, 0.1) is 0 Å². The zero-order valence-corrected chi connectivity index (χ0v) is 20.0. The summed E-state index contributed by atoms with van der Waals surface area (Å²) in [6, 6.07) is 10.5. The van der Waals surface area contributed by atoms with E-state index in [-0.39, 0.29) is 12.7 Å². The van der Waals surface area contributed by atoms with Crippen LogP contribution >= 0.6 is 27.3 Å². The molecular formula is C21H31BrO2SSi. The molecule has 2 rings (SSSR count). The molecule has 0 radical (unpaired) electrons. The van der Waals surface area contributed by atoms with Crippen molar-refractivity contribution in [3.05, 3.63) is 56.2 Å². The van der Waals surface area contributed by atoms with Crippen LogP contribution in [0.3, 0.4) is 0 Å². The van der Waals surface area contributed by atoms with E-state index in [1.807, 2.05) is 6.07 Å². The van der Waals surface area contributed by atoms with Crippen LogP contribution in [0.25, 0.3) is 0 Å². The summed E-state index contributed by atoms with van der Waals surface area (Å²) in [6.07, 6.45) is -0.0945. The van der Waals surface area contributed by atoms with E-state index < -0.39 is 8.32 Å². The van der Waals surface area contributed by atoms with Crippen LogP contribution in [0.1, 0.15) is 63.7 Å². The molecule has 2 nitrogen and oxygen atoms in total. The van der Waals surface area contributed by atoms with Gasteiger partial charge in [-0.2, -0.15) is 0 Å². The third-order valence-corrected chi connectivity index (χ3v) is 12.8. The molecule has 1 N–H and O–H groups in total. The Morgan fingerprint density at radius 3 is 2.08 bits per heavy atom. The minimum atomic E-state index is -2.05. The van der Waals surface area contributed by atoms with Gasteiger partial charge in [0, 0.05) is 9.35 Å². The van der Waals surface area contributed by atoms with Gasteiger partial charge in [0.25, 0.3) is 0 Å². The maximum absolute atomic E-state index is 9.52. The van der Waals surface area contributed by atoms with Crippen LogP contribution in [0.4, 0.5) is 0 Å². The van der Waals surface area contributed by atoms with Crippen LogP contribution < -0.4 is 0 Å². The fraction of sp³-hybridized carbons (Fsp3) is 0.524. The number of aliphatic hydroxyl groups is 1. The highest BCUT2D eigenvalue weighted by Gasteiger charge is 2.47. The summed E-state index contributed by atoms with van der Waals surface area (Å²) < 4.78 is 8.21. The van der Waals surface area contributed by atoms with E-state index in [1.54, 1.807) is 11.3 Å². The highest BCUT2D eigenvalue weighted by Crippen LogP contribution is 2.47. The Hall–Kier alpha value is -0.463. The molecule has 1 heterocycles. The maximum Gasteiger partial charge on any atom is 0.201 e. The van der Waals surface area contributed by atoms with Crippen molar-refractivity contribution in [3.8, 4) is 0 Å². The summed E-state index contributed by atoms with van der Waals surface area (Å²) in [5.74, 6) is 0. The van der Waals surface area contributed by atoms with Crippen LogP contribution in [-0.2, 0) is 11.0 Å². The first-order valence-corrected chi connectivity index (χ1v) is 13.1. The van der Waals surface area contributed by atoms with E-state index in [9.17, 15) is 5.11 Å². The van der Waals surface area contributed by atoms with Crippen LogP contribution in [-0.4, -0.2) is 13.4 Å². The number of thiophene rings is 1. The van der Waals surface area contributed by atoms with Gasteiger partial charge in [0.05, 0.1) is 12.7 Å². The Morgan fingerprint density at radius 1 is 1.00 bits per heavy atom. The molecule has 1 atom stereocenters. The van der Waals surface area contributed by atoms with Crippen molar-refractivity contribution in [1.29, 1.82) is 0 Å². The van der Waals surface area contributed by atoms with Gasteiger partial charge in [-0.15, -0.1) is 11.3 Å². The lowest BCUT2D eigenvalue weighted by molar-refractivity contribution is 0.213. The highest BCUT2D eigenvalue weighted by atomic mass is 79.9. The fourth-order valence-electron chi connectivity index (χ4n) is 4.23. The predicted octanol–water partition coefficient (Wildman–Crippen LogP) is 7.28. The Morgan fingerprint density at radius 2 is 1.62 bits per heavy atom. The smallest absolute Gasteiger partial charge is 0.201 e. The van der Waals surface area contributed by atoms with Crippen LogP contribution in [0.15, 0.2) is 40.2 Å². The monoisotopic (exact) mass is 454 g/mol. The third kappa shape index (κ3) is 4.50. The van der Waals surface area contributed by atoms with Crippen LogP contribution in [0.2, 0.25) is 16.6 Å². The molecule has 0 aliphatic heterocycles. The number of hydrogen-bond donors (Lipinski definition) is 1. The van der Waals surface area contributed by atoms with Gasteiger partial charge in [-0.25, -0.2) is 0 Å².